The maximum Gasteiger partial charge on any atom is 0.255 e. The van der Waals surface area contributed by atoms with E-state index in [2.05, 4.69) is 38.5 Å². The molecule has 1 saturated heterocycles. The number of carbonyl (C=O) groups excluding carboxylic acids is 1. The maximum atomic E-state index is 12.3. The number of hydrogen-bond donors (Lipinski definition) is 1. The number of benzene rings is 1. The van der Waals surface area contributed by atoms with Crippen molar-refractivity contribution in [2.24, 2.45) is 5.92 Å². The van der Waals surface area contributed by atoms with Crippen LogP contribution in [0.4, 0.5) is 0 Å². The van der Waals surface area contributed by atoms with Crippen molar-refractivity contribution >= 4 is 44.4 Å². The van der Waals surface area contributed by atoms with Crippen LogP contribution >= 0.6 is 38.5 Å². The van der Waals surface area contributed by atoms with Gasteiger partial charge in [-0.05, 0) is 62.6 Å². The first-order chi connectivity index (χ1) is 8.33. The molecule has 5 heteroatoms. The molecule has 1 heterocycles. The number of nitrogens with zero attached hydrogens (tertiary/aromatic N) is 1. The first kappa shape index (κ1) is 14.3. The number of halogens is 2. The van der Waals surface area contributed by atoms with Gasteiger partial charge in [0.15, 0.2) is 0 Å². The van der Waals surface area contributed by atoms with Gasteiger partial charge in [-0.3, -0.25) is 4.79 Å². The average molecular weight is 424 g/mol. The Morgan fingerprint density at radius 2 is 2.11 bits per heavy atom. The van der Waals surface area contributed by atoms with E-state index in [1.54, 1.807) is 4.90 Å². The van der Waals surface area contributed by atoms with Crippen LogP contribution in [-0.4, -0.2) is 34.6 Å². The van der Waals surface area contributed by atoms with Crippen molar-refractivity contribution in [3.8, 4) is 0 Å². The lowest BCUT2D eigenvalue weighted by atomic mass is 9.82. The minimum absolute atomic E-state index is 0.0225. The molecule has 1 amide bonds. The molecular formula is C13H15BrINO2. The molecule has 0 bridgehead atoms. The summed E-state index contributed by atoms with van der Waals surface area (Å²) in [6, 6.07) is 5.69. The average Bonchev–Trinajstić information content (AvgIpc) is 2.27. The number of carbonyl (C=O) groups is 1. The quantitative estimate of drug-likeness (QED) is 0.743. The lowest BCUT2D eigenvalue weighted by molar-refractivity contribution is -0.110. The fraction of sp³-hybridized carbons (Fsp3) is 0.462. The van der Waals surface area contributed by atoms with Crippen molar-refractivity contribution in [3.05, 3.63) is 31.8 Å². The molecule has 0 atom stereocenters. The van der Waals surface area contributed by atoms with Crippen LogP contribution in [-0.2, 0) is 0 Å². The monoisotopic (exact) mass is 423 g/mol. The molecule has 1 aliphatic heterocycles. The fourth-order valence-electron chi connectivity index (χ4n) is 1.96. The second-order valence-corrected chi connectivity index (χ2v) is 7.14. The zero-order valence-corrected chi connectivity index (χ0v) is 14.0. The van der Waals surface area contributed by atoms with Crippen LogP contribution in [0.2, 0.25) is 0 Å². The van der Waals surface area contributed by atoms with Crippen molar-refractivity contribution in [2.45, 2.75) is 19.4 Å². The Morgan fingerprint density at radius 3 is 2.67 bits per heavy atom. The number of amides is 1. The van der Waals surface area contributed by atoms with Gasteiger partial charge in [0.1, 0.15) is 5.60 Å². The zero-order valence-electron chi connectivity index (χ0n) is 10.3. The topological polar surface area (TPSA) is 40.5 Å². The summed E-state index contributed by atoms with van der Waals surface area (Å²) in [5.74, 6) is 0.145. The molecule has 1 N–H and O–H groups in total. The van der Waals surface area contributed by atoms with Crippen molar-refractivity contribution in [3.63, 3.8) is 0 Å². The van der Waals surface area contributed by atoms with Crippen molar-refractivity contribution in [1.82, 2.24) is 4.90 Å². The van der Waals surface area contributed by atoms with E-state index >= 15 is 0 Å². The highest BCUT2D eigenvalue weighted by molar-refractivity contribution is 14.1. The third-order valence-electron chi connectivity index (χ3n) is 3.45. The van der Waals surface area contributed by atoms with Crippen molar-refractivity contribution in [1.29, 1.82) is 0 Å². The lowest BCUT2D eigenvalue weighted by Crippen LogP contribution is -2.66. The molecular weight excluding hydrogens is 409 g/mol. The highest BCUT2D eigenvalue weighted by Crippen LogP contribution is 2.31. The van der Waals surface area contributed by atoms with Gasteiger partial charge in [0.05, 0.1) is 18.7 Å². The van der Waals surface area contributed by atoms with Gasteiger partial charge in [-0.15, -0.1) is 0 Å². The van der Waals surface area contributed by atoms with Crippen LogP contribution < -0.4 is 0 Å². The van der Waals surface area contributed by atoms with Gasteiger partial charge in [0.25, 0.3) is 5.91 Å². The highest BCUT2D eigenvalue weighted by Gasteiger charge is 2.46. The summed E-state index contributed by atoms with van der Waals surface area (Å²) < 4.78 is 1.83. The van der Waals surface area contributed by atoms with E-state index in [1.807, 2.05) is 32.0 Å². The minimum atomic E-state index is -0.718. The van der Waals surface area contributed by atoms with Gasteiger partial charge < -0.3 is 10.0 Å². The summed E-state index contributed by atoms with van der Waals surface area (Å²) in [7, 11) is 0. The molecule has 1 fully saturated rings. The summed E-state index contributed by atoms with van der Waals surface area (Å²) >= 11 is 5.58. The third-order valence-corrected chi connectivity index (χ3v) is 4.81. The number of rotatable bonds is 2. The number of hydrogen-bond acceptors (Lipinski definition) is 2. The molecule has 2 rings (SSSR count). The van der Waals surface area contributed by atoms with E-state index in [9.17, 15) is 9.90 Å². The molecule has 0 spiro atoms. The molecule has 1 aromatic carbocycles. The van der Waals surface area contributed by atoms with Crippen LogP contribution in [0, 0.1) is 9.49 Å². The number of likely N-dealkylation sites (tertiary alicyclic amines) is 1. The Morgan fingerprint density at radius 1 is 1.50 bits per heavy atom. The summed E-state index contributed by atoms with van der Waals surface area (Å²) in [5, 5.41) is 10.2. The summed E-state index contributed by atoms with van der Waals surface area (Å²) in [6.07, 6.45) is 0. The van der Waals surface area contributed by atoms with Crippen molar-refractivity contribution in [2.75, 3.05) is 13.1 Å². The van der Waals surface area contributed by atoms with Crippen LogP contribution in [0.3, 0.4) is 0 Å². The molecule has 98 valence electrons. The molecule has 0 saturated carbocycles. The molecule has 18 heavy (non-hydrogen) atoms. The van der Waals surface area contributed by atoms with E-state index in [-0.39, 0.29) is 11.8 Å². The Hall–Kier alpha value is -0.140. The predicted octanol–water partition coefficient (Wildman–Crippen LogP) is 2.90. The first-order valence-electron chi connectivity index (χ1n) is 5.80. The van der Waals surface area contributed by atoms with Crippen LogP contribution in [0.15, 0.2) is 22.7 Å². The van der Waals surface area contributed by atoms with E-state index in [1.165, 1.54) is 0 Å². The molecule has 1 aliphatic rings. The first-order valence-corrected chi connectivity index (χ1v) is 7.67. The smallest absolute Gasteiger partial charge is 0.255 e. The standard InChI is InChI=1S/C13H15BrINO2/c1-8(2)13(18)6-16(7-13)12(17)10-5-9(15)3-4-11(10)14/h3-5,8,18H,6-7H2,1-2H3. The molecule has 0 unspecified atom stereocenters. The zero-order chi connectivity index (χ0) is 13.5. The largest absolute Gasteiger partial charge is 0.386 e. The molecule has 3 nitrogen and oxygen atoms in total. The van der Waals surface area contributed by atoms with Gasteiger partial charge in [-0.25, -0.2) is 0 Å². The second-order valence-electron chi connectivity index (χ2n) is 5.04. The predicted molar refractivity (Wildman–Crippen MR) is 82.6 cm³/mol. The Bertz CT molecular complexity index is 484. The Balaban J connectivity index is 2.13. The van der Waals surface area contributed by atoms with Crippen LogP contribution in [0.1, 0.15) is 24.2 Å². The molecule has 0 radical (unpaired) electrons. The maximum absolute atomic E-state index is 12.3. The van der Waals surface area contributed by atoms with Crippen molar-refractivity contribution < 1.29 is 9.90 Å². The van der Waals surface area contributed by atoms with E-state index < -0.39 is 5.60 Å². The van der Waals surface area contributed by atoms with Gasteiger partial charge in [0.2, 0.25) is 0 Å². The second kappa shape index (κ2) is 5.09. The highest BCUT2D eigenvalue weighted by atomic mass is 127. The SMILES string of the molecule is CC(C)C1(O)CN(C(=O)c2cc(I)ccc2Br)C1. The summed E-state index contributed by atoms with van der Waals surface area (Å²) in [4.78, 5) is 14.0. The lowest BCUT2D eigenvalue weighted by Gasteiger charge is -2.49. The summed E-state index contributed by atoms with van der Waals surface area (Å²) in [6.45, 7) is 4.79. The van der Waals surface area contributed by atoms with Gasteiger partial charge >= 0.3 is 0 Å². The van der Waals surface area contributed by atoms with Gasteiger partial charge in [0, 0.05) is 8.04 Å². The number of β-amino-alcohol motifs (C(OH)–C–C–N with tert-alkyl or cyclic N) is 1. The molecule has 1 aromatic rings. The normalized spacial score (nSPS) is 17.8. The minimum Gasteiger partial charge on any atom is -0.386 e. The van der Waals surface area contributed by atoms with E-state index in [4.69, 9.17) is 0 Å². The Kier molecular flexibility index (Phi) is 4.04. The van der Waals surface area contributed by atoms with Gasteiger partial charge in [-0.1, -0.05) is 13.8 Å². The number of aliphatic hydroxyl groups is 1. The summed E-state index contributed by atoms with van der Waals surface area (Å²) in [5.41, 5.74) is -0.0583. The van der Waals surface area contributed by atoms with Crippen LogP contribution in [0.5, 0.6) is 0 Å². The van der Waals surface area contributed by atoms with Gasteiger partial charge in [-0.2, -0.15) is 0 Å². The van der Waals surface area contributed by atoms with E-state index in [0.29, 0.717) is 18.7 Å². The Labute approximate surface area is 129 Å². The molecule has 0 aliphatic carbocycles. The third kappa shape index (κ3) is 2.58. The fourth-order valence-corrected chi connectivity index (χ4v) is 2.86. The molecule has 0 aromatic heterocycles. The van der Waals surface area contributed by atoms with E-state index in [0.717, 1.165) is 8.04 Å². The van der Waals surface area contributed by atoms with Crippen LogP contribution in [0.25, 0.3) is 0 Å².